The maximum Gasteiger partial charge on any atom is 0.00671 e. The van der Waals surface area contributed by atoms with Crippen LogP contribution in [0.15, 0.2) is 0 Å². The first kappa shape index (κ1) is 8.55. The molecule has 0 amide bonds. The SMILES string of the molecule is CC1CCC(CNC2CCC2)C1. The Morgan fingerprint density at radius 1 is 1.17 bits per heavy atom. The van der Waals surface area contributed by atoms with Gasteiger partial charge in [-0.05, 0) is 44.1 Å². The van der Waals surface area contributed by atoms with E-state index in [1.807, 2.05) is 0 Å². The van der Waals surface area contributed by atoms with Gasteiger partial charge in [0, 0.05) is 6.04 Å². The van der Waals surface area contributed by atoms with Crippen LogP contribution in [0.2, 0.25) is 0 Å². The first-order valence-corrected chi connectivity index (χ1v) is 5.58. The summed E-state index contributed by atoms with van der Waals surface area (Å²) in [5, 5.41) is 3.68. The summed E-state index contributed by atoms with van der Waals surface area (Å²) >= 11 is 0. The third-order valence-electron chi connectivity index (χ3n) is 3.60. The molecule has 0 spiro atoms. The fourth-order valence-corrected chi connectivity index (χ4v) is 2.46. The van der Waals surface area contributed by atoms with Crippen LogP contribution in [-0.4, -0.2) is 12.6 Å². The summed E-state index contributed by atoms with van der Waals surface area (Å²) in [6.07, 6.45) is 8.74. The molecule has 70 valence electrons. The molecule has 0 aliphatic heterocycles. The van der Waals surface area contributed by atoms with Gasteiger partial charge in [0.2, 0.25) is 0 Å². The zero-order valence-electron chi connectivity index (χ0n) is 8.18. The van der Waals surface area contributed by atoms with E-state index >= 15 is 0 Å². The van der Waals surface area contributed by atoms with Crippen LogP contribution in [0.25, 0.3) is 0 Å². The molecule has 0 heterocycles. The molecule has 0 aromatic carbocycles. The van der Waals surface area contributed by atoms with Gasteiger partial charge in [0.05, 0.1) is 0 Å². The van der Waals surface area contributed by atoms with Gasteiger partial charge in [0.25, 0.3) is 0 Å². The highest BCUT2D eigenvalue weighted by atomic mass is 14.9. The largest absolute Gasteiger partial charge is 0.314 e. The van der Waals surface area contributed by atoms with E-state index < -0.39 is 0 Å². The Kier molecular flexibility index (Phi) is 2.69. The van der Waals surface area contributed by atoms with Crippen molar-refractivity contribution in [2.24, 2.45) is 11.8 Å². The average molecular weight is 167 g/mol. The monoisotopic (exact) mass is 167 g/mol. The second-order valence-corrected chi connectivity index (χ2v) is 4.82. The highest BCUT2D eigenvalue weighted by Gasteiger charge is 2.23. The molecule has 2 aliphatic rings. The van der Waals surface area contributed by atoms with Gasteiger partial charge in [-0.3, -0.25) is 0 Å². The van der Waals surface area contributed by atoms with E-state index in [9.17, 15) is 0 Å². The molecule has 1 heteroatoms. The molecular formula is C11H21N. The highest BCUT2D eigenvalue weighted by molar-refractivity contribution is 4.80. The van der Waals surface area contributed by atoms with Gasteiger partial charge in [-0.15, -0.1) is 0 Å². The molecule has 2 aliphatic carbocycles. The summed E-state index contributed by atoms with van der Waals surface area (Å²) in [6.45, 7) is 3.69. The molecule has 0 radical (unpaired) electrons. The quantitative estimate of drug-likeness (QED) is 0.681. The van der Waals surface area contributed by atoms with Crippen LogP contribution >= 0.6 is 0 Å². The van der Waals surface area contributed by atoms with Crippen LogP contribution in [0.4, 0.5) is 0 Å². The van der Waals surface area contributed by atoms with Crippen molar-refractivity contribution in [1.82, 2.24) is 5.32 Å². The van der Waals surface area contributed by atoms with Crippen molar-refractivity contribution < 1.29 is 0 Å². The molecule has 0 aromatic heterocycles. The molecule has 2 rings (SSSR count). The van der Waals surface area contributed by atoms with Gasteiger partial charge in [-0.25, -0.2) is 0 Å². The maximum absolute atomic E-state index is 3.68. The molecule has 2 fully saturated rings. The molecule has 2 unspecified atom stereocenters. The van der Waals surface area contributed by atoms with E-state index in [2.05, 4.69) is 12.2 Å². The standard InChI is InChI=1S/C11H21N/c1-9-5-6-10(7-9)8-12-11-3-2-4-11/h9-12H,2-8H2,1H3. The van der Waals surface area contributed by atoms with E-state index in [1.165, 1.54) is 45.1 Å². The van der Waals surface area contributed by atoms with Gasteiger partial charge in [0.1, 0.15) is 0 Å². The van der Waals surface area contributed by atoms with Crippen LogP contribution in [0, 0.1) is 11.8 Å². The summed E-state index contributed by atoms with van der Waals surface area (Å²) in [4.78, 5) is 0. The van der Waals surface area contributed by atoms with Gasteiger partial charge < -0.3 is 5.32 Å². The van der Waals surface area contributed by atoms with Crippen LogP contribution < -0.4 is 5.32 Å². The Hall–Kier alpha value is -0.0400. The normalized spacial score (nSPS) is 36.8. The highest BCUT2D eigenvalue weighted by Crippen LogP contribution is 2.30. The van der Waals surface area contributed by atoms with E-state index in [-0.39, 0.29) is 0 Å². The minimum absolute atomic E-state index is 0.890. The maximum atomic E-state index is 3.68. The summed E-state index contributed by atoms with van der Waals surface area (Å²) in [5.74, 6) is 2.00. The summed E-state index contributed by atoms with van der Waals surface area (Å²) in [5.41, 5.74) is 0. The third kappa shape index (κ3) is 2.01. The van der Waals surface area contributed by atoms with E-state index in [1.54, 1.807) is 0 Å². The summed E-state index contributed by atoms with van der Waals surface area (Å²) in [6, 6.07) is 0.890. The van der Waals surface area contributed by atoms with Crippen LogP contribution in [0.3, 0.4) is 0 Å². The fraction of sp³-hybridized carbons (Fsp3) is 1.00. The first-order valence-electron chi connectivity index (χ1n) is 5.58. The number of hydrogen-bond donors (Lipinski definition) is 1. The number of rotatable bonds is 3. The Bertz CT molecular complexity index is 140. The molecule has 12 heavy (non-hydrogen) atoms. The zero-order valence-corrected chi connectivity index (χ0v) is 8.18. The lowest BCUT2D eigenvalue weighted by Gasteiger charge is -2.28. The minimum atomic E-state index is 0.890. The van der Waals surface area contributed by atoms with Crippen molar-refractivity contribution in [1.29, 1.82) is 0 Å². The molecule has 2 saturated carbocycles. The molecule has 2 atom stereocenters. The summed E-state index contributed by atoms with van der Waals surface area (Å²) in [7, 11) is 0. The second-order valence-electron chi connectivity index (χ2n) is 4.82. The lowest BCUT2D eigenvalue weighted by atomic mass is 9.92. The third-order valence-corrected chi connectivity index (χ3v) is 3.60. The topological polar surface area (TPSA) is 12.0 Å². The predicted molar refractivity (Wildman–Crippen MR) is 52.1 cm³/mol. The van der Waals surface area contributed by atoms with E-state index in [4.69, 9.17) is 0 Å². The van der Waals surface area contributed by atoms with Crippen LogP contribution in [-0.2, 0) is 0 Å². The van der Waals surface area contributed by atoms with Crippen molar-refractivity contribution in [2.45, 2.75) is 51.5 Å². The van der Waals surface area contributed by atoms with E-state index in [0.29, 0.717) is 0 Å². The van der Waals surface area contributed by atoms with Crippen molar-refractivity contribution in [3.63, 3.8) is 0 Å². The lowest BCUT2D eigenvalue weighted by Crippen LogP contribution is -2.37. The molecule has 1 nitrogen and oxygen atoms in total. The van der Waals surface area contributed by atoms with Crippen molar-refractivity contribution in [3.8, 4) is 0 Å². The minimum Gasteiger partial charge on any atom is -0.314 e. The number of nitrogens with one attached hydrogen (secondary N) is 1. The average Bonchev–Trinajstić information content (AvgIpc) is 2.32. The molecule has 1 N–H and O–H groups in total. The fourth-order valence-electron chi connectivity index (χ4n) is 2.46. The van der Waals surface area contributed by atoms with Gasteiger partial charge in [0.15, 0.2) is 0 Å². The smallest absolute Gasteiger partial charge is 0.00671 e. The Morgan fingerprint density at radius 3 is 2.50 bits per heavy atom. The Labute approximate surface area is 75.9 Å². The lowest BCUT2D eigenvalue weighted by molar-refractivity contribution is 0.315. The van der Waals surface area contributed by atoms with Gasteiger partial charge >= 0.3 is 0 Å². The Morgan fingerprint density at radius 2 is 2.00 bits per heavy atom. The molecule has 0 saturated heterocycles. The summed E-state index contributed by atoms with van der Waals surface area (Å²) < 4.78 is 0. The Balaban J connectivity index is 1.60. The van der Waals surface area contributed by atoms with Crippen LogP contribution in [0.1, 0.15) is 45.4 Å². The molecular weight excluding hydrogens is 146 g/mol. The molecule has 0 bridgehead atoms. The first-order chi connectivity index (χ1) is 5.84. The van der Waals surface area contributed by atoms with Crippen LogP contribution in [0.5, 0.6) is 0 Å². The van der Waals surface area contributed by atoms with E-state index in [0.717, 1.165) is 17.9 Å². The van der Waals surface area contributed by atoms with Crippen molar-refractivity contribution in [2.75, 3.05) is 6.54 Å². The molecule has 0 aromatic rings. The van der Waals surface area contributed by atoms with Gasteiger partial charge in [-0.1, -0.05) is 19.8 Å². The van der Waals surface area contributed by atoms with Crippen molar-refractivity contribution in [3.05, 3.63) is 0 Å². The van der Waals surface area contributed by atoms with Gasteiger partial charge in [-0.2, -0.15) is 0 Å². The van der Waals surface area contributed by atoms with Crippen molar-refractivity contribution >= 4 is 0 Å². The second kappa shape index (κ2) is 3.78. The predicted octanol–water partition coefficient (Wildman–Crippen LogP) is 2.56. The zero-order chi connectivity index (χ0) is 8.39. The number of hydrogen-bond acceptors (Lipinski definition) is 1.